The fourth-order valence-electron chi connectivity index (χ4n) is 4.67. The summed E-state index contributed by atoms with van der Waals surface area (Å²) in [7, 11) is 0. The highest BCUT2D eigenvalue weighted by Crippen LogP contribution is 2.44. The topological polar surface area (TPSA) is 32.8 Å². The summed E-state index contributed by atoms with van der Waals surface area (Å²) in [5.41, 5.74) is 0.892. The van der Waals surface area contributed by atoms with E-state index in [0.29, 0.717) is 56.3 Å². The molecule has 1 N–H and O–H groups in total. The molecule has 6 heteroatoms. The molecule has 162 valence electrons. The Kier molecular flexibility index (Phi) is 6.16. The highest BCUT2D eigenvalue weighted by molar-refractivity contribution is 5.34. The van der Waals surface area contributed by atoms with Crippen molar-refractivity contribution in [3.8, 4) is 0 Å². The molecule has 2 fully saturated rings. The van der Waals surface area contributed by atoms with Crippen LogP contribution < -0.4 is 0 Å². The second-order valence-electron chi connectivity index (χ2n) is 8.42. The van der Waals surface area contributed by atoms with Gasteiger partial charge in [-0.3, -0.25) is 0 Å². The number of halogens is 4. The standard InChI is InChI=1S/C24H26F4O2/c1-2-3-19(29)17-10-8-15(21(25)23(17)27)13-4-6-14(7-5-13)16-9-11-18(20-12-30-20)24(28)22(16)26/h8-11,13-14,19-20,29H,2-7,12H2,1H3. The Morgan fingerprint density at radius 2 is 1.30 bits per heavy atom. The van der Waals surface area contributed by atoms with Crippen molar-refractivity contribution in [1.82, 2.24) is 0 Å². The molecule has 0 aromatic heterocycles. The van der Waals surface area contributed by atoms with E-state index in [4.69, 9.17) is 4.74 Å². The molecule has 2 aromatic rings. The first-order valence-corrected chi connectivity index (χ1v) is 10.7. The van der Waals surface area contributed by atoms with E-state index in [9.17, 15) is 22.7 Å². The number of ether oxygens (including phenoxy) is 1. The Balaban J connectivity index is 1.47. The Bertz CT molecular complexity index is 918. The molecular weight excluding hydrogens is 396 g/mol. The third-order valence-electron chi connectivity index (χ3n) is 6.49. The van der Waals surface area contributed by atoms with Crippen molar-refractivity contribution < 1.29 is 27.4 Å². The van der Waals surface area contributed by atoms with Crippen molar-refractivity contribution in [1.29, 1.82) is 0 Å². The van der Waals surface area contributed by atoms with Gasteiger partial charge in [0.05, 0.1) is 12.7 Å². The largest absolute Gasteiger partial charge is 0.388 e. The van der Waals surface area contributed by atoms with E-state index in [1.54, 1.807) is 18.2 Å². The van der Waals surface area contributed by atoms with Crippen LogP contribution in [0.2, 0.25) is 0 Å². The number of epoxide rings is 1. The molecule has 2 aliphatic rings. The second kappa shape index (κ2) is 8.67. The summed E-state index contributed by atoms with van der Waals surface area (Å²) >= 11 is 0. The monoisotopic (exact) mass is 422 g/mol. The minimum Gasteiger partial charge on any atom is -0.388 e. The highest BCUT2D eigenvalue weighted by atomic mass is 19.2. The summed E-state index contributed by atoms with van der Waals surface area (Å²) < 4.78 is 63.2. The quantitative estimate of drug-likeness (QED) is 0.421. The summed E-state index contributed by atoms with van der Waals surface area (Å²) in [6.45, 7) is 2.28. The third-order valence-corrected chi connectivity index (χ3v) is 6.49. The molecular formula is C24H26F4O2. The molecule has 0 spiro atoms. The summed E-state index contributed by atoms with van der Waals surface area (Å²) in [5, 5.41) is 10.0. The molecule has 0 radical (unpaired) electrons. The molecule has 1 aliphatic heterocycles. The molecule has 1 heterocycles. The van der Waals surface area contributed by atoms with Crippen LogP contribution in [0.5, 0.6) is 0 Å². The summed E-state index contributed by atoms with van der Waals surface area (Å²) in [4.78, 5) is 0. The number of hydrogen-bond donors (Lipinski definition) is 1. The van der Waals surface area contributed by atoms with Crippen molar-refractivity contribution in [2.24, 2.45) is 0 Å². The van der Waals surface area contributed by atoms with Gasteiger partial charge in [0, 0.05) is 11.1 Å². The SMILES string of the molecule is CCCC(O)c1ccc(C2CCC(c3ccc(C4CO4)c(F)c3F)CC2)c(F)c1F. The predicted octanol–water partition coefficient (Wildman–Crippen LogP) is 6.59. The average Bonchev–Trinajstić information content (AvgIpc) is 3.57. The van der Waals surface area contributed by atoms with Gasteiger partial charge in [0.25, 0.3) is 0 Å². The Morgan fingerprint density at radius 3 is 1.83 bits per heavy atom. The lowest BCUT2D eigenvalue weighted by molar-refractivity contribution is 0.160. The van der Waals surface area contributed by atoms with Gasteiger partial charge in [0.15, 0.2) is 23.3 Å². The number of hydrogen-bond acceptors (Lipinski definition) is 2. The summed E-state index contributed by atoms with van der Waals surface area (Å²) in [5.74, 6) is -3.88. The van der Waals surface area contributed by atoms with Crippen LogP contribution in [0.3, 0.4) is 0 Å². The van der Waals surface area contributed by atoms with E-state index >= 15 is 0 Å². The number of aliphatic hydroxyl groups excluding tert-OH is 1. The van der Waals surface area contributed by atoms with Crippen LogP contribution in [-0.4, -0.2) is 11.7 Å². The zero-order chi connectivity index (χ0) is 21.4. The first-order valence-electron chi connectivity index (χ1n) is 10.7. The van der Waals surface area contributed by atoms with Gasteiger partial charge in [-0.15, -0.1) is 0 Å². The van der Waals surface area contributed by atoms with Gasteiger partial charge in [0.2, 0.25) is 0 Å². The van der Waals surface area contributed by atoms with E-state index in [1.807, 2.05) is 6.92 Å². The Labute approximate surface area is 173 Å². The van der Waals surface area contributed by atoms with Crippen molar-refractivity contribution in [3.05, 3.63) is 69.8 Å². The lowest BCUT2D eigenvalue weighted by atomic mass is 9.75. The number of benzene rings is 2. The maximum atomic E-state index is 14.7. The first-order chi connectivity index (χ1) is 14.4. The van der Waals surface area contributed by atoms with Crippen LogP contribution >= 0.6 is 0 Å². The van der Waals surface area contributed by atoms with Crippen LogP contribution in [0.4, 0.5) is 17.6 Å². The van der Waals surface area contributed by atoms with E-state index in [-0.39, 0.29) is 29.1 Å². The van der Waals surface area contributed by atoms with Gasteiger partial charge < -0.3 is 9.84 Å². The van der Waals surface area contributed by atoms with E-state index < -0.39 is 29.4 Å². The molecule has 2 nitrogen and oxygen atoms in total. The van der Waals surface area contributed by atoms with Crippen LogP contribution in [0.25, 0.3) is 0 Å². The van der Waals surface area contributed by atoms with Gasteiger partial charge in [-0.05, 0) is 55.1 Å². The smallest absolute Gasteiger partial charge is 0.165 e. The molecule has 30 heavy (non-hydrogen) atoms. The Hall–Kier alpha value is -1.92. The summed E-state index contributed by atoms with van der Waals surface area (Å²) in [6.07, 6.45) is 1.94. The minimum atomic E-state index is -1.02. The normalized spacial score (nSPS) is 24.7. The van der Waals surface area contributed by atoms with Crippen molar-refractivity contribution >= 4 is 0 Å². The number of rotatable bonds is 6. The van der Waals surface area contributed by atoms with E-state index in [1.165, 1.54) is 6.07 Å². The molecule has 1 saturated heterocycles. The lowest BCUT2D eigenvalue weighted by Crippen LogP contribution is -2.16. The third kappa shape index (κ3) is 4.00. The zero-order valence-corrected chi connectivity index (χ0v) is 16.9. The Morgan fingerprint density at radius 1 is 0.833 bits per heavy atom. The van der Waals surface area contributed by atoms with E-state index in [2.05, 4.69) is 0 Å². The van der Waals surface area contributed by atoms with Crippen LogP contribution in [-0.2, 0) is 4.74 Å². The maximum Gasteiger partial charge on any atom is 0.165 e. The lowest BCUT2D eigenvalue weighted by Gasteiger charge is -2.30. The second-order valence-corrected chi connectivity index (χ2v) is 8.42. The predicted molar refractivity (Wildman–Crippen MR) is 105 cm³/mol. The van der Waals surface area contributed by atoms with Crippen molar-refractivity contribution in [2.45, 2.75) is 69.5 Å². The van der Waals surface area contributed by atoms with Crippen molar-refractivity contribution in [3.63, 3.8) is 0 Å². The van der Waals surface area contributed by atoms with Gasteiger partial charge in [-0.25, -0.2) is 17.6 Å². The van der Waals surface area contributed by atoms with Crippen molar-refractivity contribution in [2.75, 3.05) is 6.61 Å². The fourth-order valence-corrected chi connectivity index (χ4v) is 4.67. The molecule has 0 amide bonds. The van der Waals surface area contributed by atoms with Crippen LogP contribution in [0, 0.1) is 23.3 Å². The molecule has 2 atom stereocenters. The zero-order valence-electron chi connectivity index (χ0n) is 16.9. The average molecular weight is 422 g/mol. The highest BCUT2D eigenvalue weighted by Gasteiger charge is 2.33. The van der Waals surface area contributed by atoms with Gasteiger partial charge in [0.1, 0.15) is 6.10 Å². The first kappa shape index (κ1) is 21.3. The van der Waals surface area contributed by atoms with Gasteiger partial charge in [-0.1, -0.05) is 37.6 Å². The van der Waals surface area contributed by atoms with Crippen LogP contribution in [0.15, 0.2) is 24.3 Å². The molecule has 1 aliphatic carbocycles. The van der Waals surface area contributed by atoms with E-state index in [0.717, 1.165) is 0 Å². The minimum absolute atomic E-state index is 0.0101. The van der Waals surface area contributed by atoms with Crippen LogP contribution in [0.1, 0.15) is 91.7 Å². The maximum absolute atomic E-state index is 14.7. The summed E-state index contributed by atoms with van der Waals surface area (Å²) in [6, 6.07) is 6.24. The fraction of sp³-hybridized carbons (Fsp3) is 0.500. The van der Waals surface area contributed by atoms with Gasteiger partial charge in [-0.2, -0.15) is 0 Å². The molecule has 2 aromatic carbocycles. The molecule has 0 bridgehead atoms. The molecule has 1 saturated carbocycles. The molecule has 2 unspecified atom stereocenters. The van der Waals surface area contributed by atoms with Gasteiger partial charge >= 0.3 is 0 Å². The number of aliphatic hydroxyl groups is 1. The molecule has 4 rings (SSSR count).